The summed E-state index contributed by atoms with van der Waals surface area (Å²) in [6, 6.07) is 18.7. The lowest BCUT2D eigenvalue weighted by Crippen LogP contribution is -2.49. The molecule has 1 aliphatic heterocycles. The van der Waals surface area contributed by atoms with Crippen molar-refractivity contribution in [2.75, 3.05) is 31.1 Å². The van der Waals surface area contributed by atoms with Crippen molar-refractivity contribution in [3.05, 3.63) is 54.6 Å². The fourth-order valence-corrected chi connectivity index (χ4v) is 3.75. The van der Waals surface area contributed by atoms with Crippen molar-refractivity contribution < 1.29 is 4.79 Å². The van der Waals surface area contributed by atoms with Crippen molar-refractivity contribution in [1.82, 2.24) is 15.1 Å². The minimum absolute atomic E-state index is 0.0261. The Kier molecular flexibility index (Phi) is 5.22. The van der Waals surface area contributed by atoms with Crippen LogP contribution in [-0.2, 0) is 4.79 Å². The molecule has 0 atom stereocenters. The molecule has 1 aliphatic rings. The molecule has 2 aromatic carbocycles. The zero-order chi connectivity index (χ0) is 20.4. The van der Waals surface area contributed by atoms with Gasteiger partial charge in [-0.25, -0.2) is 0 Å². The molecule has 3 aromatic rings. The number of aromatic nitrogens is 2. The largest absolute Gasteiger partial charge is 0.352 e. The number of anilines is 1. The summed E-state index contributed by atoms with van der Waals surface area (Å²) in [5, 5.41) is 11.3. The second-order valence-electron chi connectivity index (χ2n) is 8.94. The fraction of sp³-hybridized carbons (Fsp3) is 0.375. The van der Waals surface area contributed by atoms with Gasteiger partial charge in [0.25, 0.3) is 0 Å². The van der Waals surface area contributed by atoms with Gasteiger partial charge in [-0.1, -0.05) is 57.2 Å². The molecule has 1 fully saturated rings. The third-order valence-corrected chi connectivity index (χ3v) is 5.33. The zero-order valence-corrected chi connectivity index (χ0v) is 17.4. The van der Waals surface area contributed by atoms with E-state index in [4.69, 9.17) is 0 Å². The van der Waals surface area contributed by atoms with Crippen LogP contribution in [0.15, 0.2) is 54.6 Å². The molecular weight excluding hydrogens is 360 g/mol. The molecule has 0 unspecified atom stereocenters. The Morgan fingerprint density at radius 2 is 1.62 bits per heavy atom. The van der Waals surface area contributed by atoms with Crippen LogP contribution >= 0.6 is 0 Å². The maximum Gasteiger partial charge on any atom is 0.223 e. The lowest BCUT2D eigenvalue weighted by atomic mass is 9.91. The first kappa shape index (κ1) is 19.4. The van der Waals surface area contributed by atoms with Gasteiger partial charge in [0.15, 0.2) is 5.82 Å². The summed E-state index contributed by atoms with van der Waals surface area (Å²) in [6.45, 7) is 9.38. The number of carbonyl (C=O) groups is 1. The Hall–Kier alpha value is -2.95. The molecule has 0 saturated carbocycles. The highest BCUT2D eigenvalue weighted by atomic mass is 16.2. The number of hydrogen-bond donors (Lipinski definition) is 0. The zero-order valence-electron chi connectivity index (χ0n) is 17.4. The maximum atomic E-state index is 12.4. The van der Waals surface area contributed by atoms with Crippen molar-refractivity contribution in [2.24, 2.45) is 5.41 Å². The molecular formula is C24H28N4O. The van der Waals surface area contributed by atoms with E-state index in [-0.39, 0.29) is 11.3 Å². The highest BCUT2D eigenvalue weighted by molar-refractivity contribution is 5.86. The Balaban J connectivity index is 1.41. The number of nitrogens with zero attached hydrogens (tertiary/aromatic N) is 4. The van der Waals surface area contributed by atoms with Gasteiger partial charge in [0.05, 0.1) is 5.69 Å². The molecule has 4 rings (SSSR count). The smallest absolute Gasteiger partial charge is 0.223 e. The molecule has 0 spiro atoms. The predicted octanol–water partition coefficient (Wildman–Crippen LogP) is 4.38. The van der Waals surface area contributed by atoms with Gasteiger partial charge in [-0.2, -0.15) is 0 Å². The number of benzene rings is 2. The molecule has 5 nitrogen and oxygen atoms in total. The number of piperazine rings is 1. The SMILES string of the molecule is CC(C)(C)CC(=O)N1CCN(c2ccc(-c3ccc4ccccc4c3)nn2)CC1. The van der Waals surface area contributed by atoms with E-state index in [0.29, 0.717) is 6.42 Å². The van der Waals surface area contributed by atoms with Crippen molar-refractivity contribution in [1.29, 1.82) is 0 Å². The summed E-state index contributed by atoms with van der Waals surface area (Å²) < 4.78 is 0. The lowest BCUT2D eigenvalue weighted by Gasteiger charge is -2.36. The normalized spacial score (nSPS) is 15.0. The number of hydrogen-bond acceptors (Lipinski definition) is 4. The second-order valence-corrected chi connectivity index (χ2v) is 8.94. The van der Waals surface area contributed by atoms with Crippen LogP contribution in [0.25, 0.3) is 22.0 Å². The van der Waals surface area contributed by atoms with Crippen LogP contribution in [0, 0.1) is 5.41 Å². The van der Waals surface area contributed by atoms with E-state index in [1.807, 2.05) is 29.2 Å². The molecule has 29 heavy (non-hydrogen) atoms. The Morgan fingerprint density at radius 1 is 0.897 bits per heavy atom. The van der Waals surface area contributed by atoms with E-state index in [9.17, 15) is 4.79 Å². The van der Waals surface area contributed by atoms with Crippen LogP contribution < -0.4 is 4.90 Å². The third kappa shape index (κ3) is 4.56. The van der Waals surface area contributed by atoms with Gasteiger partial charge < -0.3 is 9.80 Å². The molecule has 0 N–H and O–H groups in total. The van der Waals surface area contributed by atoms with Crippen LogP contribution in [0.2, 0.25) is 0 Å². The molecule has 0 aliphatic carbocycles. The first-order valence-corrected chi connectivity index (χ1v) is 10.2. The summed E-state index contributed by atoms with van der Waals surface area (Å²) in [7, 11) is 0. The monoisotopic (exact) mass is 388 g/mol. The molecule has 2 heterocycles. The van der Waals surface area contributed by atoms with E-state index in [1.54, 1.807) is 0 Å². The summed E-state index contributed by atoms with van der Waals surface area (Å²) in [5.41, 5.74) is 1.97. The highest BCUT2D eigenvalue weighted by Gasteiger charge is 2.25. The Labute approximate surface area is 172 Å². The Morgan fingerprint density at radius 3 is 2.28 bits per heavy atom. The molecule has 150 valence electrons. The number of amides is 1. The van der Waals surface area contributed by atoms with E-state index in [0.717, 1.165) is 43.3 Å². The molecule has 1 aromatic heterocycles. The van der Waals surface area contributed by atoms with Gasteiger partial charge in [0.1, 0.15) is 0 Å². The highest BCUT2D eigenvalue weighted by Crippen LogP contribution is 2.24. The average Bonchev–Trinajstić information content (AvgIpc) is 2.72. The fourth-order valence-electron chi connectivity index (χ4n) is 3.75. The van der Waals surface area contributed by atoms with Gasteiger partial charge in [0, 0.05) is 38.2 Å². The number of fused-ring (bicyclic) bond motifs is 1. The van der Waals surface area contributed by atoms with E-state index < -0.39 is 0 Å². The van der Waals surface area contributed by atoms with Gasteiger partial charge in [-0.3, -0.25) is 4.79 Å². The topological polar surface area (TPSA) is 49.3 Å². The van der Waals surface area contributed by atoms with Crippen molar-refractivity contribution in [3.63, 3.8) is 0 Å². The standard InChI is InChI=1S/C24H28N4O/c1-24(2,3)17-23(29)28-14-12-27(13-15-28)22-11-10-21(25-26-22)20-9-8-18-6-4-5-7-19(18)16-20/h4-11,16H,12-15,17H2,1-3H3. The quantitative estimate of drug-likeness (QED) is 0.668. The van der Waals surface area contributed by atoms with Crippen LogP contribution in [0.3, 0.4) is 0 Å². The van der Waals surface area contributed by atoms with Gasteiger partial charge in [-0.05, 0) is 34.4 Å². The molecule has 1 saturated heterocycles. The summed E-state index contributed by atoms with van der Waals surface area (Å²) >= 11 is 0. The summed E-state index contributed by atoms with van der Waals surface area (Å²) in [4.78, 5) is 16.6. The minimum atomic E-state index is 0.0261. The number of rotatable bonds is 3. The van der Waals surface area contributed by atoms with E-state index in [1.165, 1.54) is 10.8 Å². The maximum absolute atomic E-state index is 12.4. The predicted molar refractivity (Wildman–Crippen MR) is 118 cm³/mol. The lowest BCUT2D eigenvalue weighted by molar-refractivity contribution is -0.133. The van der Waals surface area contributed by atoms with Crippen LogP contribution in [0.1, 0.15) is 27.2 Å². The molecule has 5 heteroatoms. The number of carbonyl (C=O) groups excluding carboxylic acids is 1. The molecule has 1 amide bonds. The average molecular weight is 389 g/mol. The van der Waals surface area contributed by atoms with Crippen molar-refractivity contribution >= 4 is 22.5 Å². The first-order valence-electron chi connectivity index (χ1n) is 10.2. The van der Waals surface area contributed by atoms with Gasteiger partial charge in [-0.15, -0.1) is 10.2 Å². The molecule has 0 radical (unpaired) electrons. The first-order chi connectivity index (χ1) is 13.9. The molecule has 0 bridgehead atoms. The van der Waals surface area contributed by atoms with Crippen LogP contribution in [0.5, 0.6) is 0 Å². The van der Waals surface area contributed by atoms with Crippen molar-refractivity contribution in [3.8, 4) is 11.3 Å². The van der Waals surface area contributed by atoms with Crippen LogP contribution in [0.4, 0.5) is 5.82 Å². The van der Waals surface area contributed by atoms with Gasteiger partial charge >= 0.3 is 0 Å². The third-order valence-electron chi connectivity index (χ3n) is 5.33. The summed E-state index contributed by atoms with van der Waals surface area (Å²) in [5.74, 6) is 1.12. The van der Waals surface area contributed by atoms with E-state index >= 15 is 0 Å². The summed E-state index contributed by atoms with van der Waals surface area (Å²) in [6.07, 6.45) is 0.591. The minimum Gasteiger partial charge on any atom is -0.352 e. The van der Waals surface area contributed by atoms with Crippen molar-refractivity contribution in [2.45, 2.75) is 27.2 Å². The van der Waals surface area contributed by atoms with E-state index in [2.05, 4.69) is 66.2 Å². The van der Waals surface area contributed by atoms with Crippen LogP contribution in [-0.4, -0.2) is 47.2 Å². The second kappa shape index (κ2) is 7.82. The Bertz CT molecular complexity index is 999. The van der Waals surface area contributed by atoms with Gasteiger partial charge in [0.2, 0.25) is 5.91 Å².